The van der Waals surface area contributed by atoms with Crippen molar-refractivity contribution >= 4 is 31.7 Å². The maximum Gasteiger partial charge on any atom is 2.00 e. The van der Waals surface area contributed by atoms with E-state index in [1.165, 1.54) is 4.70 Å². The van der Waals surface area contributed by atoms with Gasteiger partial charge in [-0.15, -0.1) is 11.3 Å². The van der Waals surface area contributed by atoms with Crippen LogP contribution in [0.3, 0.4) is 0 Å². The van der Waals surface area contributed by atoms with Crippen LogP contribution in [-0.2, 0) is 0 Å². The molecule has 2 nitrogen and oxygen atoms in total. The van der Waals surface area contributed by atoms with Crippen molar-refractivity contribution in [3.8, 4) is 16.3 Å². The topological polar surface area (TPSA) is 33.1 Å². The normalized spacial score (nSPS) is 10.1. The first-order chi connectivity index (χ1) is 7.83. The van der Waals surface area contributed by atoms with E-state index in [0.29, 0.717) is 0 Å². The summed E-state index contributed by atoms with van der Waals surface area (Å²) in [5.74, 6) is 0.282. The molecule has 2 aromatic carbocycles. The molecule has 17 heavy (non-hydrogen) atoms. The predicted molar refractivity (Wildman–Crippen MR) is 74.7 cm³/mol. The number of benzene rings is 2. The van der Waals surface area contributed by atoms with Crippen LogP contribution in [0.4, 0.5) is 0 Å². The van der Waals surface area contributed by atoms with Crippen LogP contribution < -0.4 is 0 Å². The van der Waals surface area contributed by atoms with E-state index < -0.39 is 0 Å². The summed E-state index contributed by atoms with van der Waals surface area (Å²) < 4.78 is 1.19. The molecule has 0 fully saturated rings. The van der Waals surface area contributed by atoms with E-state index in [1.54, 1.807) is 23.5 Å². The van der Waals surface area contributed by atoms with Gasteiger partial charge < -0.3 is 7.96 Å². The quantitative estimate of drug-likeness (QED) is 0.658. The van der Waals surface area contributed by atoms with E-state index in [4.69, 9.17) is 0 Å². The summed E-state index contributed by atoms with van der Waals surface area (Å²) in [6, 6.07) is 15.2. The molecule has 0 amide bonds. The summed E-state index contributed by atoms with van der Waals surface area (Å²) in [5.41, 5.74) is 2.06. The molecule has 4 heteroatoms. The van der Waals surface area contributed by atoms with Crippen LogP contribution >= 0.6 is 11.3 Å². The number of hydrogen-bond donors (Lipinski definition) is 1. The number of aromatic nitrogens is 1. The molecule has 1 aromatic heterocycles. The Balaban J connectivity index is 0.00000108. The summed E-state index contributed by atoms with van der Waals surface area (Å²) in [5, 5.41) is 10.2. The molecule has 0 aliphatic rings. The standard InChI is InChI=1S/C13H9NOS.Be.2H/c15-10-7-5-9(6-8-10)13-14-11-3-1-2-4-12(11)16-13;;;/h1-8,15H;;;/q;+2;2*-1. The maximum atomic E-state index is 9.23. The number of phenols is 1. The van der Waals surface area contributed by atoms with Gasteiger partial charge in [0.1, 0.15) is 10.8 Å². The number of hydrogen-bond acceptors (Lipinski definition) is 3. The van der Waals surface area contributed by atoms with Crippen LogP contribution in [0, 0.1) is 0 Å². The van der Waals surface area contributed by atoms with E-state index in [-0.39, 0.29) is 18.7 Å². The van der Waals surface area contributed by atoms with Crippen molar-refractivity contribution in [3.05, 3.63) is 48.5 Å². The molecular weight excluding hydrogens is 227 g/mol. The number of aromatic hydroxyl groups is 1. The van der Waals surface area contributed by atoms with Gasteiger partial charge in [-0.1, -0.05) is 12.1 Å². The Morgan fingerprint density at radius 1 is 1.00 bits per heavy atom. The monoisotopic (exact) mass is 238 g/mol. The summed E-state index contributed by atoms with van der Waals surface area (Å²) in [7, 11) is 0. The molecule has 0 bridgehead atoms. The van der Waals surface area contributed by atoms with Crippen LogP contribution in [0.5, 0.6) is 5.75 Å². The van der Waals surface area contributed by atoms with Gasteiger partial charge in [0.2, 0.25) is 0 Å². The third-order valence-corrected chi connectivity index (χ3v) is 3.49. The second-order valence-electron chi connectivity index (χ2n) is 3.53. The van der Waals surface area contributed by atoms with Crippen LogP contribution in [0.2, 0.25) is 0 Å². The predicted octanol–water partition coefficient (Wildman–Crippen LogP) is 3.51. The van der Waals surface area contributed by atoms with Crippen molar-refractivity contribution in [1.29, 1.82) is 0 Å². The third kappa shape index (κ3) is 2.21. The Morgan fingerprint density at radius 2 is 1.71 bits per heavy atom. The van der Waals surface area contributed by atoms with Gasteiger partial charge >= 0.3 is 10.1 Å². The van der Waals surface area contributed by atoms with Crippen molar-refractivity contribution < 1.29 is 7.96 Å². The van der Waals surface area contributed by atoms with Crippen molar-refractivity contribution in [3.63, 3.8) is 0 Å². The molecule has 0 saturated carbocycles. The molecule has 3 rings (SSSR count). The minimum atomic E-state index is 0. The van der Waals surface area contributed by atoms with E-state index in [2.05, 4.69) is 11.1 Å². The summed E-state index contributed by atoms with van der Waals surface area (Å²) in [4.78, 5) is 4.55. The Hall–Kier alpha value is -1.70. The van der Waals surface area contributed by atoms with Gasteiger partial charge in [0.05, 0.1) is 10.2 Å². The average Bonchev–Trinajstić information content (AvgIpc) is 2.73. The first-order valence-electron chi connectivity index (χ1n) is 4.98. The van der Waals surface area contributed by atoms with Crippen molar-refractivity contribution in [2.75, 3.05) is 0 Å². The van der Waals surface area contributed by atoms with Gasteiger partial charge in [0.15, 0.2) is 0 Å². The largest absolute Gasteiger partial charge is 2.00 e. The molecule has 82 valence electrons. The molecular formula is C13H11BeNOS. The van der Waals surface area contributed by atoms with Crippen LogP contribution in [0.15, 0.2) is 48.5 Å². The fourth-order valence-electron chi connectivity index (χ4n) is 1.60. The molecule has 1 N–H and O–H groups in total. The summed E-state index contributed by atoms with van der Waals surface area (Å²) in [6.45, 7) is 0. The Bertz CT molecular complexity index is 609. The molecule has 0 radical (unpaired) electrons. The van der Waals surface area contributed by atoms with Crippen LogP contribution in [-0.4, -0.2) is 20.2 Å². The van der Waals surface area contributed by atoms with Gasteiger partial charge in [-0.2, -0.15) is 0 Å². The van der Waals surface area contributed by atoms with Crippen LogP contribution in [0.1, 0.15) is 2.85 Å². The van der Waals surface area contributed by atoms with Crippen molar-refractivity contribution in [2.24, 2.45) is 0 Å². The van der Waals surface area contributed by atoms with E-state index >= 15 is 0 Å². The van der Waals surface area contributed by atoms with Gasteiger partial charge in [-0.05, 0) is 36.4 Å². The number of thiazole rings is 1. The molecule has 3 aromatic rings. The number of phenolic OH excluding ortho intramolecular Hbond substituents is 1. The van der Waals surface area contributed by atoms with Crippen molar-refractivity contribution in [1.82, 2.24) is 4.98 Å². The molecule has 0 atom stereocenters. The maximum absolute atomic E-state index is 9.23. The average molecular weight is 238 g/mol. The van der Waals surface area contributed by atoms with Gasteiger partial charge in [0, 0.05) is 5.56 Å². The SMILES string of the molecule is Oc1ccc(-c2nc3ccccc3s2)cc1.[Be+2].[H-].[H-]. The fourth-order valence-corrected chi connectivity index (χ4v) is 2.57. The van der Waals surface area contributed by atoms with Crippen molar-refractivity contribution in [2.45, 2.75) is 0 Å². The van der Waals surface area contributed by atoms with E-state index in [0.717, 1.165) is 16.1 Å². The zero-order valence-electron chi connectivity index (χ0n) is 11.1. The first kappa shape index (κ1) is 11.8. The van der Waals surface area contributed by atoms with E-state index in [1.807, 2.05) is 30.3 Å². The minimum Gasteiger partial charge on any atom is -1.00 e. The second-order valence-corrected chi connectivity index (χ2v) is 4.56. The number of para-hydroxylation sites is 1. The molecule has 0 spiro atoms. The molecule has 0 aliphatic carbocycles. The van der Waals surface area contributed by atoms with E-state index in [9.17, 15) is 5.11 Å². The smallest absolute Gasteiger partial charge is 1.00 e. The zero-order chi connectivity index (χ0) is 11.0. The Morgan fingerprint density at radius 3 is 2.41 bits per heavy atom. The second kappa shape index (κ2) is 4.66. The minimum absolute atomic E-state index is 0. The molecule has 0 saturated heterocycles. The van der Waals surface area contributed by atoms with Crippen LogP contribution in [0.25, 0.3) is 20.8 Å². The number of rotatable bonds is 1. The van der Waals surface area contributed by atoms with Gasteiger partial charge in [-0.25, -0.2) is 4.98 Å². The first-order valence-corrected chi connectivity index (χ1v) is 5.79. The summed E-state index contributed by atoms with van der Waals surface area (Å²) >= 11 is 1.66. The number of fused-ring (bicyclic) bond motifs is 1. The fraction of sp³-hybridized carbons (Fsp3) is 0. The molecule has 0 unspecified atom stereocenters. The zero-order valence-corrected chi connectivity index (χ0v) is 9.95. The Kier molecular flexibility index (Phi) is 3.23. The van der Waals surface area contributed by atoms with Gasteiger partial charge in [0.25, 0.3) is 0 Å². The summed E-state index contributed by atoms with van der Waals surface area (Å²) in [6.07, 6.45) is 0. The number of nitrogens with zero attached hydrogens (tertiary/aromatic N) is 1. The molecule has 0 aliphatic heterocycles. The molecule has 1 heterocycles. The van der Waals surface area contributed by atoms with Gasteiger partial charge in [-0.3, -0.25) is 0 Å². The third-order valence-electron chi connectivity index (χ3n) is 2.41. The Labute approximate surface area is 110 Å².